The van der Waals surface area contributed by atoms with E-state index in [0.29, 0.717) is 18.0 Å². The minimum atomic E-state index is -4.26. The van der Waals surface area contributed by atoms with Crippen LogP contribution in [0.1, 0.15) is 36.8 Å². The molecule has 2 saturated carbocycles. The van der Waals surface area contributed by atoms with Crippen LogP contribution in [0.25, 0.3) is 0 Å². The van der Waals surface area contributed by atoms with E-state index in [0.717, 1.165) is 24.4 Å². The molecule has 0 bridgehead atoms. The molecule has 110 valence electrons. The third kappa shape index (κ3) is 3.35. The van der Waals surface area contributed by atoms with Crippen LogP contribution >= 0.6 is 0 Å². The molecule has 20 heavy (non-hydrogen) atoms. The molecule has 1 aromatic rings. The molecule has 0 amide bonds. The highest BCUT2D eigenvalue weighted by Gasteiger charge is 2.41. The van der Waals surface area contributed by atoms with Gasteiger partial charge >= 0.3 is 6.18 Å². The van der Waals surface area contributed by atoms with Crippen molar-refractivity contribution in [2.24, 2.45) is 17.8 Å². The molecular weight excluding hydrogens is 263 g/mol. The van der Waals surface area contributed by atoms with Crippen molar-refractivity contribution in [2.45, 2.75) is 38.4 Å². The molecule has 3 rings (SSSR count). The average molecular weight is 283 g/mol. The number of halogens is 3. The Kier molecular flexibility index (Phi) is 3.76. The molecule has 2 aliphatic rings. The molecule has 0 radical (unpaired) electrons. The minimum Gasteiger partial charge on any atom is -0.312 e. The van der Waals surface area contributed by atoms with Crippen LogP contribution in [-0.4, -0.2) is 6.54 Å². The van der Waals surface area contributed by atoms with Gasteiger partial charge in [-0.3, -0.25) is 0 Å². The van der Waals surface area contributed by atoms with Crippen LogP contribution in [0.3, 0.4) is 0 Å². The predicted octanol–water partition coefficient (Wildman–Crippen LogP) is 4.23. The van der Waals surface area contributed by atoms with Gasteiger partial charge in [0.15, 0.2) is 0 Å². The highest BCUT2D eigenvalue weighted by Crippen LogP contribution is 2.48. The van der Waals surface area contributed by atoms with Crippen LogP contribution in [0.2, 0.25) is 0 Å². The fraction of sp³-hybridized carbons (Fsp3) is 0.625. The van der Waals surface area contributed by atoms with Gasteiger partial charge in [0.05, 0.1) is 5.56 Å². The Labute approximate surface area is 117 Å². The van der Waals surface area contributed by atoms with Gasteiger partial charge in [0, 0.05) is 6.54 Å². The Balaban J connectivity index is 1.58. The summed E-state index contributed by atoms with van der Waals surface area (Å²) in [5.74, 6) is 2.34. The Morgan fingerprint density at radius 3 is 2.20 bits per heavy atom. The summed E-state index contributed by atoms with van der Waals surface area (Å²) in [4.78, 5) is 0. The van der Waals surface area contributed by atoms with Crippen LogP contribution in [0.5, 0.6) is 0 Å². The molecule has 0 heterocycles. The summed E-state index contributed by atoms with van der Waals surface area (Å²) < 4.78 is 38.6. The molecule has 0 spiro atoms. The SMILES string of the molecule is FC(F)(F)c1ccccc1CNCC(C1CC1)C1CC1. The van der Waals surface area contributed by atoms with Crippen LogP contribution in [0.4, 0.5) is 13.2 Å². The summed E-state index contributed by atoms with van der Waals surface area (Å²) in [5.41, 5.74) is -0.160. The monoisotopic (exact) mass is 283 g/mol. The van der Waals surface area contributed by atoms with E-state index in [1.54, 1.807) is 12.1 Å². The van der Waals surface area contributed by atoms with Crippen LogP contribution in [0.15, 0.2) is 24.3 Å². The maximum atomic E-state index is 12.9. The van der Waals surface area contributed by atoms with E-state index in [-0.39, 0.29) is 0 Å². The third-order valence-electron chi connectivity index (χ3n) is 4.47. The van der Waals surface area contributed by atoms with Gasteiger partial charge in [-0.15, -0.1) is 0 Å². The highest BCUT2D eigenvalue weighted by molar-refractivity contribution is 5.29. The standard InChI is InChI=1S/C16H20F3N/c17-16(18,19)15-4-2-1-3-13(15)9-20-10-14(11-5-6-11)12-7-8-12/h1-4,11-12,14,20H,5-10H2. The lowest BCUT2D eigenvalue weighted by atomic mass is 9.97. The fourth-order valence-corrected chi connectivity index (χ4v) is 3.09. The number of nitrogens with one attached hydrogen (secondary N) is 1. The van der Waals surface area contributed by atoms with E-state index < -0.39 is 11.7 Å². The van der Waals surface area contributed by atoms with Crippen molar-refractivity contribution < 1.29 is 13.2 Å². The second kappa shape index (κ2) is 5.40. The summed E-state index contributed by atoms with van der Waals surface area (Å²) in [5, 5.41) is 3.26. The molecule has 2 fully saturated rings. The molecule has 1 nitrogen and oxygen atoms in total. The lowest BCUT2D eigenvalue weighted by Gasteiger charge is -2.18. The normalized spacial score (nSPS) is 19.6. The number of alkyl halides is 3. The molecule has 0 aliphatic heterocycles. The van der Waals surface area contributed by atoms with Gasteiger partial charge in [-0.1, -0.05) is 18.2 Å². The van der Waals surface area contributed by atoms with Gasteiger partial charge < -0.3 is 5.32 Å². The minimum absolute atomic E-state index is 0.311. The summed E-state index contributed by atoms with van der Waals surface area (Å²) in [6, 6.07) is 5.85. The molecular formula is C16H20F3N. The largest absolute Gasteiger partial charge is 0.416 e. The maximum Gasteiger partial charge on any atom is 0.416 e. The third-order valence-corrected chi connectivity index (χ3v) is 4.47. The summed E-state index contributed by atoms with van der Waals surface area (Å²) >= 11 is 0. The first-order valence-electron chi connectivity index (χ1n) is 7.41. The molecule has 0 aromatic heterocycles. The summed E-state index contributed by atoms with van der Waals surface area (Å²) in [7, 11) is 0. The smallest absolute Gasteiger partial charge is 0.312 e. The molecule has 1 N–H and O–H groups in total. The zero-order chi connectivity index (χ0) is 14.2. The van der Waals surface area contributed by atoms with Gasteiger partial charge in [-0.05, 0) is 61.6 Å². The van der Waals surface area contributed by atoms with Crippen molar-refractivity contribution in [1.82, 2.24) is 5.32 Å². The highest BCUT2D eigenvalue weighted by atomic mass is 19.4. The Morgan fingerprint density at radius 1 is 1.05 bits per heavy atom. The van der Waals surface area contributed by atoms with Gasteiger partial charge in [0.25, 0.3) is 0 Å². The first-order chi connectivity index (χ1) is 9.55. The molecule has 0 saturated heterocycles. The van der Waals surface area contributed by atoms with Crippen molar-refractivity contribution in [3.63, 3.8) is 0 Å². The quantitative estimate of drug-likeness (QED) is 0.823. The first kappa shape index (κ1) is 13.9. The second-order valence-electron chi connectivity index (χ2n) is 6.12. The summed E-state index contributed by atoms with van der Waals surface area (Å²) in [6.07, 6.45) is 0.971. The van der Waals surface area contributed by atoms with Gasteiger partial charge in [-0.2, -0.15) is 13.2 Å². The van der Waals surface area contributed by atoms with Crippen LogP contribution < -0.4 is 5.32 Å². The molecule has 4 heteroatoms. The van der Waals surface area contributed by atoms with E-state index in [4.69, 9.17) is 0 Å². The molecule has 1 aromatic carbocycles. The second-order valence-corrected chi connectivity index (χ2v) is 6.12. The van der Waals surface area contributed by atoms with E-state index in [1.165, 1.54) is 31.7 Å². The van der Waals surface area contributed by atoms with E-state index in [9.17, 15) is 13.2 Å². The Morgan fingerprint density at radius 2 is 1.65 bits per heavy atom. The fourth-order valence-electron chi connectivity index (χ4n) is 3.09. The Bertz CT molecular complexity index is 449. The number of hydrogen-bond donors (Lipinski definition) is 1. The Hall–Kier alpha value is -1.03. The zero-order valence-corrected chi connectivity index (χ0v) is 11.4. The lowest BCUT2D eigenvalue weighted by Crippen LogP contribution is -2.26. The van der Waals surface area contributed by atoms with Crippen molar-refractivity contribution >= 4 is 0 Å². The van der Waals surface area contributed by atoms with Gasteiger partial charge in [0.2, 0.25) is 0 Å². The molecule has 0 atom stereocenters. The van der Waals surface area contributed by atoms with E-state index in [1.807, 2.05) is 0 Å². The molecule has 0 unspecified atom stereocenters. The van der Waals surface area contributed by atoms with Crippen LogP contribution in [-0.2, 0) is 12.7 Å². The number of benzene rings is 1. The maximum absolute atomic E-state index is 12.9. The van der Waals surface area contributed by atoms with E-state index >= 15 is 0 Å². The lowest BCUT2D eigenvalue weighted by molar-refractivity contribution is -0.138. The van der Waals surface area contributed by atoms with Crippen molar-refractivity contribution in [3.05, 3.63) is 35.4 Å². The number of hydrogen-bond acceptors (Lipinski definition) is 1. The van der Waals surface area contributed by atoms with Crippen molar-refractivity contribution in [1.29, 1.82) is 0 Å². The summed E-state index contributed by atoms with van der Waals surface area (Å²) in [6.45, 7) is 1.17. The zero-order valence-electron chi connectivity index (χ0n) is 11.4. The van der Waals surface area contributed by atoms with Crippen molar-refractivity contribution in [2.75, 3.05) is 6.54 Å². The first-order valence-corrected chi connectivity index (χ1v) is 7.41. The predicted molar refractivity (Wildman–Crippen MR) is 72.1 cm³/mol. The van der Waals surface area contributed by atoms with Gasteiger partial charge in [0.1, 0.15) is 0 Å². The van der Waals surface area contributed by atoms with E-state index in [2.05, 4.69) is 5.32 Å². The van der Waals surface area contributed by atoms with Crippen molar-refractivity contribution in [3.8, 4) is 0 Å². The number of rotatable bonds is 6. The van der Waals surface area contributed by atoms with Crippen LogP contribution in [0, 0.1) is 17.8 Å². The topological polar surface area (TPSA) is 12.0 Å². The average Bonchev–Trinajstić information content (AvgIpc) is 3.27. The molecule has 2 aliphatic carbocycles. The van der Waals surface area contributed by atoms with Gasteiger partial charge in [-0.25, -0.2) is 0 Å².